The number of thiophene rings is 1. The predicted octanol–water partition coefficient (Wildman–Crippen LogP) is 6.61. The van der Waals surface area contributed by atoms with Crippen molar-refractivity contribution in [2.45, 2.75) is 86.5 Å². The molecule has 0 fully saturated rings. The maximum atomic E-state index is 2.55. The monoisotopic (exact) mass is 416 g/mol. The molecule has 0 radical (unpaired) electrons. The molecule has 122 valence electrons. The first-order valence-electron chi connectivity index (χ1n) is 9.05. The first-order chi connectivity index (χ1) is 9.97. The van der Waals surface area contributed by atoms with E-state index >= 15 is 0 Å². The zero-order chi connectivity index (χ0) is 15.7. The molecule has 0 saturated heterocycles. The van der Waals surface area contributed by atoms with Gasteiger partial charge in [-0.05, 0) is 0 Å². The van der Waals surface area contributed by atoms with Gasteiger partial charge >= 0.3 is 135 Å². The van der Waals surface area contributed by atoms with Gasteiger partial charge in [0.2, 0.25) is 0 Å². The number of unbranched alkanes of at least 4 members (excludes halogenated alkanes) is 5. The molecule has 21 heavy (non-hydrogen) atoms. The van der Waals surface area contributed by atoms with E-state index in [1.165, 1.54) is 57.8 Å². The van der Waals surface area contributed by atoms with Crippen LogP contribution in [0.5, 0.6) is 0 Å². The quantitative estimate of drug-likeness (QED) is 0.282. The van der Waals surface area contributed by atoms with Crippen molar-refractivity contribution in [1.82, 2.24) is 0 Å². The normalized spacial score (nSPS) is 13.6. The molecule has 1 aromatic heterocycles. The summed E-state index contributed by atoms with van der Waals surface area (Å²) in [5.41, 5.74) is 1.62. The van der Waals surface area contributed by atoms with Crippen molar-refractivity contribution in [3.8, 4) is 0 Å². The Labute approximate surface area is 141 Å². The molecule has 0 aliphatic carbocycles. The summed E-state index contributed by atoms with van der Waals surface area (Å²) in [4.78, 5) is 7.58. The molecule has 0 N–H and O–H groups in total. The zero-order valence-electron chi connectivity index (χ0n) is 15.0. The second kappa shape index (κ2) is 10.3. The molecular weight excluding hydrogens is 379 g/mol. The molecule has 1 aromatic rings. The molecule has 0 spiro atoms. The minimum atomic E-state index is -1.82. The summed E-state index contributed by atoms with van der Waals surface area (Å²) < 4.78 is 1.74. The Morgan fingerprint density at radius 1 is 1.00 bits per heavy atom. The molecule has 1 atom stereocenters. The molecule has 0 aromatic carbocycles. The fourth-order valence-electron chi connectivity index (χ4n) is 2.87. The molecule has 1 heterocycles. The van der Waals surface area contributed by atoms with Gasteiger partial charge in [-0.3, -0.25) is 0 Å². The summed E-state index contributed by atoms with van der Waals surface area (Å²) in [5, 5.41) is 2.45. The predicted molar refractivity (Wildman–Crippen MR) is 103 cm³/mol. The topological polar surface area (TPSA) is 0 Å². The summed E-state index contributed by atoms with van der Waals surface area (Å²) in [6.07, 6.45) is 12.7. The molecule has 0 nitrogen and oxygen atoms in total. The van der Waals surface area contributed by atoms with Crippen molar-refractivity contribution in [2.24, 2.45) is 5.92 Å². The molecule has 0 aliphatic rings. The Bertz CT molecular complexity index is 375. The fraction of sp³-hybridized carbons (Fsp3) is 0.789. The summed E-state index contributed by atoms with van der Waals surface area (Å²) in [7, 11) is 0. The third-order valence-corrected chi connectivity index (χ3v) is 15.0. The van der Waals surface area contributed by atoms with E-state index in [1.54, 1.807) is 8.46 Å². The van der Waals surface area contributed by atoms with Crippen LogP contribution in [0.1, 0.15) is 70.8 Å². The number of hydrogen-bond acceptors (Lipinski definition) is 1. The van der Waals surface area contributed by atoms with Crippen molar-refractivity contribution in [3.63, 3.8) is 0 Å². The number of rotatable bonds is 11. The van der Waals surface area contributed by atoms with Crippen LogP contribution in [0, 0.1) is 5.92 Å². The van der Waals surface area contributed by atoms with E-state index in [-0.39, 0.29) is 0 Å². The van der Waals surface area contributed by atoms with E-state index < -0.39 is 18.4 Å². The van der Waals surface area contributed by atoms with Gasteiger partial charge in [-0.1, -0.05) is 6.92 Å². The van der Waals surface area contributed by atoms with E-state index in [2.05, 4.69) is 40.1 Å². The van der Waals surface area contributed by atoms with Gasteiger partial charge in [0.25, 0.3) is 0 Å². The summed E-state index contributed by atoms with van der Waals surface area (Å²) in [6.45, 7) is 4.67. The Balaban J connectivity index is 2.31. The van der Waals surface area contributed by atoms with Gasteiger partial charge in [-0.15, -0.1) is 0 Å². The van der Waals surface area contributed by atoms with Crippen molar-refractivity contribution >= 4 is 32.6 Å². The van der Waals surface area contributed by atoms with Gasteiger partial charge in [0.15, 0.2) is 0 Å². The van der Waals surface area contributed by atoms with Gasteiger partial charge in [-0.25, -0.2) is 0 Å². The van der Waals surface area contributed by atoms with Crippen LogP contribution in [0.15, 0.2) is 11.4 Å². The average molecular weight is 415 g/mol. The van der Waals surface area contributed by atoms with E-state index in [0.717, 1.165) is 5.92 Å². The van der Waals surface area contributed by atoms with Crippen LogP contribution in [0.2, 0.25) is 14.8 Å². The molecule has 0 aliphatic heterocycles. The van der Waals surface area contributed by atoms with Crippen LogP contribution in [-0.2, 0) is 6.42 Å². The Morgan fingerprint density at radius 2 is 1.67 bits per heavy atom. The van der Waals surface area contributed by atoms with Crippen LogP contribution in [0.3, 0.4) is 0 Å². The molecule has 0 amide bonds. The summed E-state index contributed by atoms with van der Waals surface area (Å²) >= 11 is 0.219. The molecule has 1 unspecified atom stereocenters. The Kier molecular flexibility index (Phi) is 9.59. The van der Waals surface area contributed by atoms with Crippen LogP contribution in [0.4, 0.5) is 0 Å². The van der Waals surface area contributed by atoms with E-state index in [9.17, 15) is 0 Å². The molecule has 0 saturated carbocycles. The van der Waals surface area contributed by atoms with Gasteiger partial charge in [-0.2, -0.15) is 0 Å². The summed E-state index contributed by atoms with van der Waals surface area (Å²) in [6, 6.07) is 2.55. The Hall–Kier alpha value is 0.499. The second-order valence-electron chi connectivity index (χ2n) is 7.60. The van der Waals surface area contributed by atoms with E-state index in [1.807, 2.05) is 11.3 Å². The van der Waals surface area contributed by atoms with Gasteiger partial charge in [0.1, 0.15) is 0 Å². The number of hydrogen-bond donors (Lipinski definition) is 0. The van der Waals surface area contributed by atoms with Crippen LogP contribution in [0.25, 0.3) is 0 Å². The van der Waals surface area contributed by atoms with Gasteiger partial charge in [0, 0.05) is 0 Å². The average Bonchev–Trinajstić information content (AvgIpc) is 2.90. The fourth-order valence-corrected chi connectivity index (χ4v) is 9.19. The van der Waals surface area contributed by atoms with Crippen molar-refractivity contribution < 1.29 is 0 Å². The minimum absolute atomic E-state index is 0.911. The van der Waals surface area contributed by atoms with Gasteiger partial charge < -0.3 is 0 Å². The molecule has 1 rings (SSSR count). The van der Waals surface area contributed by atoms with Crippen molar-refractivity contribution in [3.05, 3.63) is 17.0 Å². The molecule has 0 bridgehead atoms. The van der Waals surface area contributed by atoms with E-state index in [0.29, 0.717) is 0 Å². The standard InChI is InChI=1S/C16H27S.3CH3.Sn/c1-3-5-6-7-8-9-10-15(4-2)13-16-11-12-17-14-16;;;;/h11,14-15H,3-10,13H2,1-2H3;3*1H3;. The first-order valence-corrected chi connectivity index (χ1v) is 19.9. The van der Waals surface area contributed by atoms with Crippen LogP contribution in [-0.4, -0.2) is 18.4 Å². The van der Waals surface area contributed by atoms with Crippen LogP contribution < -0.4 is 2.89 Å². The molecule has 2 heteroatoms. The summed E-state index contributed by atoms with van der Waals surface area (Å²) in [5.74, 6) is 0.911. The maximum absolute atomic E-state index is 2.55. The third-order valence-electron chi connectivity index (χ3n) is 4.46. The van der Waals surface area contributed by atoms with Crippen LogP contribution >= 0.6 is 11.3 Å². The first kappa shape index (κ1) is 19.5. The zero-order valence-corrected chi connectivity index (χ0v) is 18.7. The second-order valence-corrected chi connectivity index (χ2v) is 23.9. The molecular formula is C19H36SSn. The van der Waals surface area contributed by atoms with Gasteiger partial charge in [0.05, 0.1) is 0 Å². The van der Waals surface area contributed by atoms with E-state index in [4.69, 9.17) is 0 Å². The Morgan fingerprint density at radius 3 is 2.24 bits per heavy atom. The SMILES string of the molecule is CCCCCCCCC(CC)Cc1cs[c]([Sn]([CH3])([CH3])[CH3])c1. The third kappa shape index (κ3) is 8.06. The van der Waals surface area contributed by atoms with Crippen molar-refractivity contribution in [1.29, 1.82) is 0 Å². The van der Waals surface area contributed by atoms with Crippen molar-refractivity contribution in [2.75, 3.05) is 0 Å².